The minimum atomic E-state index is -1.18. The van der Waals surface area contributed by atoms with Crippen molar-refractivity contribution in [1.29, 1.82) is 0 Å². The van der Waals surface area contributed by atoms with Crippen LogP contribution in [0, 0.1) is 0 Å². The summed E-state index contributed by atoms with van der Waals surface area (Å²) in [4.78, 5) is 24.3. The summed E-state index contributed by atoms with van der Waals surface area (Å²) in [5.74, 6) is -1.75. The SMILES string of the molecule is N[C@H](CC(=O)O)CN1CC(Oc2ccc3c(c2C(=O)O)OB(O)CC3)C1. The maximum Gasteiger partial charge on any atom is 0.522 e. The number of ether oxygens (including phenoxy) is 1. The second-order valence-corrected chi connectivity index (χ2v) is 6.66. The molecule has 2 aliphatic rings. The van der Waals surface area contributed by atoms with Crippen LogP contribution < -0.4 is 15.1 Å². The smallest absolute Gasteiger partial charge is 0.522 e. The van der Waals surface area contributed by atoms with Crippen LogP contribution in [0.5, 0.6) is 11.5 Å². The molecule has 2 heterocycles. The molecule has 140 valence electrons. The Kier molecular flexibility index (Phi) is 5.35. The highest BCUT2D eigenvalue weighted by molar-refractivity contribution is 6.44. The number of nitrogens with zero attached hydrogens (tertiary/aromatic N) is 1. The second-order valence-electron chi connectivity index (χ2n) is 6.66. The fraction of sp³-hybridized carbons (Fsp3) is 0.500. The van der Waals surface area contributed by atoms with Gasteiger partial charge in [0.1, 0.15) is 23.2 Å². The molecule has 0 unspecified atom stereocenters. The molecule has 1 fully saturated rings. The number of carboxylic acid groups (broad SMARTS) is 2. The van der Waals surface area contributed by atoms with Gasteiger partial charge < -0.3 is 30.4 Å². The molecule has 0 aliphatic carbocycles. The molecule has 1 atom stereocenters. The van der Waals surface area contributed by atoms with Gasteiger partial charge in [-0.1, -0.05) is 6.07 Å². The lowest BCUT2D eigenvalue weighted by atomic mass is 9.78. The van der Waals surface area contributed by atoms with E-state index < -0.39 is 25.1 Å². The molecule has 0 aromatic heterocycles. The van der Waals surface area contributed by atoms with E-state index in [2.05, 4.69) is 0 Å². The molecular formula is C16H21BN2O7. The summed E-state index contributed by atoms with van der Waals surface area (Å²) >= 11 is 0. The topological polar surface area (TPSA) is 143 Å². The Morgan fingerprint density at radius 2 is 2.12 bits per heavy atom. The lowest BCUT2D eigenvalue weighted by Crippen LogP contribution is -2.57. The predicted molar refractivity (Wildman–Crippen MR) is 91.6 cm³/mol. The Balaban J connectivity index is 1.64. The number of fused-ring (bicyclic) bond motifs is 1. The van der Waals surface area contributed by atoms with E-state index >= 15 is 0 Å². The third-order valence-electron chi connectivity index (χ3n) is 4.48. The van der Waals surface area contributed by atoms with Gasteiger partial charge in [0, 0.05) is 25.7 Å². The van der Waals surface area contributed by atoms with Crippen LogP contribution in [0.1, 0.15) is 22.3 Å². The minimum absolute atomic E-state index is 0.0812. The van der Waals surface area contributed by atoms with Crippen LogP contribution in [-0.2, 0) is 11.2 Å². The Morgan fingerprint density at radius 1 is 1.38 bits per heavy atom. The minimum Gasteiger partial charge on any atom is -0.535 e. The lowest BCUT2D eigenvalue weighted by molar-refractivity contribution is -0.137. The van der Waals surface area contributed by atoms with Crippen LogP contribution in [-0.4, -0.2) is 71.0 Å². The van der Waals surface area contributed by atoms with Crippen molar-refractivity contribution in [2.24, 2.45) is 5.73 Å². The Labute approximate surface area is 150 Å². The molecule has 0 radical (unpaired) electrons. The molecule has 3 rings (SSSR count). The predicted octanol–water partition coefficient (Wildman–Crippen LogP) is -0.335. The van der Waals surface area contributed by atoms with E-state index in [9.17, 15) is 19.7 Å². The zero-order valence-corrected chi connectivity index (χ0v) is 14.1. The van der Waals surface area contributed by atoms with Gasteiger partial charge in [-0.3, -0.25) is 9.69 Å². The molecule has 10 heteroatoms. The number of carbonyl (C=O) groups is 2. The number of carboxylic acids is 2. The number of aliphatic carboxylic acids is 1. The Morgan fingerprint density at radius 3 is 2.77 bits per heavy atom. The van der Waals surface area contributed by atoms with Crippen molar-refractivity contribution in [3.05, 3.63) is 23.3 Å². The quantitative estimate of drug-likeness (QED) is 0.478. The van der Waals surface area contributed by atoms with Crippen LogP contribution in [0.4, 0.5) is 0 Å². The first-order valence-electron chi connectivity index (χ1n) is 8.43. The number of aromatic carboxylic acids is 1. The van der Waals surface area contributed by atoms with Gasteiger partial charge in [-0.15, -0.1) is 0 Å². The molecule has 0 saturated carbocycles. The highest BCUT2D eigenvalue weighted by Gasteiger charge is 2.34. The van der Waals surface area contributed by atoms with E-state index in [1.54, 1.807) is 12.1 Å². The van der Waals surface area contributed by atoms with Gasteiger partial charge >= 0.3 is 19.1 Å². The maximum absolute atomic E-state index is 11.7. The average Bonchev–Trinajstić information content (AvgIpc) is 2.51. The van der Waals surface area contributed by atoms with Crippen molar-refractivity contribution in [1.82, 2.24) is 4.90 Å². The van der Waals surface area contributed by atoms with E-state index in [1.807, 2.05) is 4.90 Å². The fourth-order valence-electron chi connectivity index (χ4n) is 3.26. The third kappa shape index (κ3) is 4.09. The molecule has 1 aromatic carbocycles. The largest absolute Gasteiger partial charge is 0.535 e. The molecule has 2 aliphatic heterocycles. The van der Waals surface area contributed by atoms with Crippen LogP contribution >= 0.6 is 0 Å². The summed E-state index contributed by atoms with van der Waals surface area (Å²) in [5, 5.41) is 27.9. The normalized spacial score (nSPS) is 18.5. The molecule has 0 bridgehead atoms. The maximum atomic E-state index is 11.7. The number of hydrogen-bond donors (Lipinski definition) is 4. The second kappa shape index (κ2) is 7.52. The van der Waals surface area contributed by atoms with E-state index in [1.165, 1.54) is 0 Å². The van der Waals surface area contributed by atoms with E-state index in [0.29, 0.717) is 32.4 Å². The van der Waals surface area contributed by atoms with Crippen molar-refractivity contribution in [3.8, 4) is 11.5 Å². The van der Waals surface area contributed by atoms with Crippen LogP contribution in [0.2, 0.25) is 6.32 Å². The monoisotopic (exact) mass is 364 g/mol. The third-order valence-corrected chi connectivity index (χ3v) is 4.48. The molecule has 26 heavy (non-hydrogen) atoms. The van der Waals surface area contributed by atoms with E-state index in [4.69, 9.17) is 20.2 Å². The highest BCUT2D eigenvalue weighted by atomic mass is 16.5. The molecule has 9 nitrogen and oxygen atoms in total. The van der Waals surface area contributed by atoms with Crippen molar-refractivity contribution in [2.45, 2.75) is 31.3 Å². The number of benzene rings is 1. The Hall–Kier alpha value is -2.30. The van der Waals surface area contributed by atoms with Gasteiger partial charge in [0.2, 0.25) is 0 Å². The van der Waals surface area contributed by atoms with Crippen molar-refractivity contribution >= 4 is 19.1 Å². The number of nitrogens with two attached hydrogens (primary N) is 1. The number of rotatable bonds is 7. The number of hydrogen-bond acceptors (Lipinski definition) is 7. The molecule has 1 aromatic rings. The summed E-state index contributed by atoms with van der Waals surface area (Å²) in [6.45, 7) is 1.51. The molecule has 0 spiro atoms. The summed E-state index contributed by atoms with van der Waals surface area (Å²) < 4.78 is 11.1. The average molecular weight is 364 g/mol. The summed E-state index contributed by atoms with van der Waals surface area (Å²) in [5.41, 5.74) is 6.41. The van der Waals surface area contributed by atoms with Crippen molar-refractivity contribution in [2.75, 3.05) is 19.6 Å². The van der Waals surface area contributed by atoms with Gasteiger partial charge in [-0.25, -0.2) is 4.79 Å². The standard InChI is InChI=1S/C16H21BN2O7/c18-10(5-13(20)21)6-19-7-11(8-19)25-12-2-1-9-3-4-17(24)26-15(9)14(12)16(22)23/h1-2,10-11,24H,3-8,18H2,(H,20,21)(H,22,23)/t10-/m1/s1. The highest BCUT2D eigenvalue weighted by Crippen LogP contribution is 2.37. The Bertz CT molecular complexity index is 708. The van der Waals surface area contributed by atoms with E-state index in [0.717, 1.165) is 5.56 Å². The van der Waals surface area contributed by atoms with Gasteiger partial charge in [0.15, 0.2) is 0 Å². The van der Waals surface area contributed by atoms with E-state index in [-0.39, 0.29) is 29.6 Å². The first-order chi connectivity index (χ1) is 12.3. The molecule has 0 amide bonds. The molecule has 1 saturated heterocycles. The zero-order chi connectivity index (χ0) is 18.8. The summed E-state index contributed by atoms with van der Waals surface area (Å²) in [7, 11) is -1.02. The summed E-state index contributed by atoms with van der Waals surface area (Å²) in [6.07, 6.45) is 0.642. The lowest BCUT2D eigenvalue weighted by Gasteiger charge is -2.40. The zero-order valence-electron chi connectivity index (χ0n) is 14.1. The van der Waals surface area contributed by atoms with Crippen LogP contribution in [0.3, 0.4) is 0 Å². The van der Waals surface area contributed by atoms with Crippen molar-refractivity contribution < 1.29 is 34.2 Å². The van der Waals surface area contributed by atoms with Gasteiger partial charge in [-0.2, -0.15) is 0 Å². The van der Waals surface area contributed by atoms with Crippen LogP contribution in [0.15, 0.2) is 12.1 Å². The van der Waals surface area contributed by atoms with Crippen LogP contribution in [0.25, 0.3) is 0 Å². The van der Waals surface area contributed by atoms with Crippen molar-refractivity contribution in [3.63, 3.8) is 0 Å². The molecular weight excluding hydrogens is 343 g/mol. The number of aryl methyl sites for hydroxylation is 1. The summed E-state index contributed by atoms with van der Waals surface area (Å²) in [6, 6.07) is 2.91. The fourth-order valence-corrected chi connectivity index (χ4v) is 3.26. The first-order valence-corrected chi connectivity index (χ1v) is 8.43. The van der Waals surface area contributed by atoms with Gasteiger partial charge in [0.25, 0.3) is 0 Å². The number of likely N-dealkylation sites (tertiary alicyclic amines) is 1. The molecule has 5 N–H and O–H groups in total. The van der Waals surface area contributed by atoms with Gasteiger partial charge in [0.05, 0.1) is 6.42 Å². The first kappa shape index (κ1) is 18.5. The van der Waals surface area contributed by atoms with Gasteiger partial charge in [-0.05, 0) is 24.4 Å².